The molecule has 0 heterocycles. The van der Waals surface area contributed by atoms with E-state index in [0.717, 1.165) is 55.6 Å². The van der Waals surface area contributed by atoms with Gasteiger partial charge in [0.15, 0.2) is 0 Å². The molecule has 14 heteroatoms. The fourth-order valence-corrected chi connectivity index (χ4v) is 18.2. The highest BCUT2D eigenvalue weighted by molar-refractivity contribution is 7.94. The summed E-state index contributed by atoms with van der Waals surface area (Å²) in [4.78, 5) is 0.198. The van der Waals surface area contributed by atoms with Crippen LogP contribution in [0.25, 0.3) is 0 Å². The van der Waals surface area contributed by atoms with Crippen molar-refractivity contribution in [3.05, 3.63) is 177 Å². The molecule has 2 unspecified atom stereocenters. The van der Waals surface area contributed by atoms with E-state index in [1.807, 2.05) is 126 Å². The van der Waals surface area contributed by atoms with Crippen LogP contribution in [0.3, 0.4) is 0 Å². The largest absolute Gasteiger partial charge is 0.426 e. The Morgan fingerprint density at radius 2 is 0.756 bits per heavy atom. The average Bonchev–Trinajstić information content (AvgIpc) is 3.37. The van der Waals surface area contributed by atoms with Crippen LogP contribution in [-0.4, -0.2) is 37.6 Å². The van der Waals surface area contributed by atoms with Gasteiger partial charge in [-0.05, 0) is 188 Å². The highest BCUT2D eigenvalue weighted by Crippen LogP contribution is 2.59. The maximum Gasteiger partial charge on any atom is 0.399 e. The zero-order chi connectivity index (χ0) is 57.2. The molecule has 1 fully saturated rings. The van der Waals surface area contributed by atoms with Crippen LogP contribution in [-0.2, 0) is 20.0 Å². The van der Waals surface area contributed by atoms with E-state index in [9.17, 15) is 0 Å². The van der Waals surface area contributed by atoms with Crippen molar-refractivity contribution in [2.24, 2.45) is 10.8 Å². The molecule has 0 radical (unpaired) electrons. The highest BCUT2D eigenvalue weighted by Gasteiger charge is 2.53. The first-order chi connectivity index (χ1) is 36.5. The minimum Gasteiger partial charge on any atom is -0.426 e. The fraction of sp³-hybridized carbons (Fsp3) is 0.438. The smallest absolute Gasteiger partial charge is 0.399 e. The van der Waals surface area contributed by atoms with Crippen LogP contribution in [0.2, 0.25) is 0 Å². The van der Waals surface area contributed by atoms with Crippen LogP contribution in [0.5, 0.6) is 23.0 Å². The molecule has 6 aromatic rings. The number of benzene rings is 6. The first-order valence-corrected chi connectivity index (χ1v) is 32.6. The van der Waals surface area contributed by atoms with Gasteiger partial charge < -0.3 is 18.1 Å². The van der Waals surface area contributed by atoms with Crippen LogP contribution in [0.15, 0.2) is 131 Å². The summed E-state index contributed by atoms with van der Waals surface area (Å²) in [6, 6.07) is 37.2. The van der Waals surface area contributed by atoms with Crippen molar-refractivity contribution in [3.8, 4) is 23.0 Å². The SMILES string of the molecule is Cc1ccc(S(=O)(=O)N(CC2(C)CC(N(P(Oc3cc(C)ccc3C(C)C)Oc3cc(C)ccc3C(C)C)S(=O)(=O)c3ccc(C)cc3)CC(C)(C)C2)P(Oc2cc(C)ccc2C(C)C)Oc2cc(C)ccc2C(C)C)cc1. The Balaban J connectivity index is 1.47. The third-order valence-electron chi connectivity index (χ3n) is 14.6. The summed E-state index contributed by atoms with van der Waals surface area (Å²) in [7, 11) is -13.9. The number of rotatable bonds is 21. The highest BCUT2D eigenvalue weighted by atomic mass is 32.2. The van der Waals surface area contributed by atoms with Crippen molar-refractivity contribution >= 4 is 37.1 Å². The Kier molecular flexibility index (Phi) is 19.1. The van der Waals surface area contributed by atoms with Crippen molar-refractivity contribution < 1.29 is 34.9 Å². The van der Waals surface area contributed by atoms with E-state index in [-0.39, 0.29) is 46.4 Å². The summed E-state index contributed by atoms with van der Waals surface area (Å²) in [6.45, 7) is 34.9. The Hall–Kier alpha value is -4.80. The normalized spacial score (nSPS) is 17.1. The minimum absolute atomic E-state index is 0.0373. The van der Waals surface area contributed by atoms with Gasteiger partial charge in [-0.15, -0.1) is 8.15 Å². The van der Waals surface area contributed by atoms with Crippen molar-refractivity contribution in [1.29, 1.82) is 0 Å². The van der Waals surface area contributed by atoms with Crippen molar-refractivity contribution in [1.82, 2.24) is 8.15 Å². The zero-order valence-electron chi connectivity index (χ0n) is 49.1. The van der Waals surface area contributed by atoms with Gasteiger partial charge in [-0.1, -0.05) is 160 Å². The second-order valence-corrected chi connectivity index (χ2v) is 31.0. The Morgan fingerprint density at radius 1 is 0.449 bits per heavy atom. The Bertz CT molecular complexity index is 3170. The maximum atomic E-state index is 16.1. The standard InChI is InChI=1S/C64H84N2O8P2S2/c1-42(2)55-30-22-48(11)34-59(55)71-75(72-60-35-49(12)23-31-56(60)43(3)4)65(77(67,68)53-26-18-46(9)19-27-53)41-64(17)39-52(38-63(15,16)40-64)66(78(69,70)54-28-20-47(10)21-29-54)76(73-61-36-50(13)24-32-57(61)44(5)6)74-62-37-51(14)25-33-58(62)45(7)8/h18-37,42-45,52H,38-41H2,1-17H3. The molecule has 0 aromatic heterocycles. The number of aryl methyl sites for hydroxylation is 6. The summed E-state index contributed by atoms with van der Waals surface area (Å²) >= 11 is 0. The molecular weight excluding hydrogens is 1050 g/mol. The molecule has 0 amide bonds. The van der Waals surface area contributed by atoms with E-state index in [1.165, 1.54) is 8.15 Å². The molecule has 1 saturated carbocycles. The lowest BCUT2D eigenvalue weighted by Crippen LogP contribution is -2.51. The van der Waals surface area contributed by atoms with E-state index in [0.29, 0.717) is 35.8 Å². The van der Waals surface area contributed by atoms with E-state index in [4.69, 9.17) is 18.1 Å². The van der Waals surface area contributed by atoms with Gasteiger partial charge in [0.2, 0.25) is 0 Å². The van der Waals surface area contributed by atoms with Gasteiger partial charge in [0.05, 0.1) is 9.79 Å². The minimum atomic E-state index is -4.44. The van der Waals surface area contributed by atoms with Crippen molar-refractivity contribution in [2.45, 2.75) is 176 Å². The van der Waals surface area contributed by atoms with Crippen LogP contribution >= 0.6 is 17.1 Å². The summed E-state index contributed by atoms with van der Waals surface area (Å²) in [5, 5.41) is 0. The van der Waals surface area contributed by atoms with Gasteiger partial charge in [0.25, 0.3) is 20.0 Å². The fourth-order valence-electron chi connectivity index (χ4n) is 10.8. The van der Waals surface area contributed by atoms with Crippen LogP contribution in [0, 0.1) is 52.4 Å². The van der Waals surface area contributed by atoms with Crippen LogP contribution in [0.1, 0.15) is 175 Å². The number of hydrogen-bond donors (Lipinski definition) is 0. The molecule has 0 spiro atoms. The van der Waals surface area contributed by atoms with Gasteiger partial charge in [0.1, 0.15) is 23.0 Å². The van der Waals surface area contributed by atoms with Gasteiger partial charge in [-0.25, -0.2) is 16.8 Å². The molecule has 7 rings (SSSR count). The van der Waals surface area contributed by atoms with Gasteiger partial charge >= 0.3 is 17.1 Å². The third-order valence-corrected chi connectivity index (χ3v) is 22.5. The first-order valence-electron chi connectivity index (χ1n) is 27.4. The van der Waals surface area contributed by atoms with Gasteiger partial charge in [0, 0.05) is 12.6 Å². The Labute approximate surface area is 471 Å². The number of sulfonamides is 2. The second-order valence-electron chi connectivity index (χ2n) is 24.2. The first kappa shape index (κ1) is 60.8. The molecule has 0 aliphatic heterocycles. The monoisotopic (exact) mass is 1130 g/mol. The van der Waals surface area contributed by atoms with Gasteiger partial charge in [-0.2, -0.15) is 0 Å². The van der Waals surface area contributed by atoms with E-state index in [1.54, 1.807) is 36.4 Å². The predicted molar refractivity (Wildman–Crippen MR) is 322 cm³/mol. The Morgan fingerprint density at radius 3 is 1.09 bits per heavy atom. The summed E-state index contributed by atoms with van der Waals surface area (Å²) in [6.07, 6.45) is 1.19. The molecule has 0 bridgehead atoms. The quantitative estimate of drug-likeness (QED) is 0.0655. The lowest BCUT2D eigenvalue weighted by atomic mass is 9.63. The van der Waals surface area contributed by atoms with Crippen molar-refractivity contribution in [2.75, 3.05) is 6.54 Å². The topological polar surface area (TPSA) is 112 Å². The molecule has 78 heavy (non-hydrogen) atoms. The lowest BCUT2D eigenvalue weighted by molar-refractivity contribution is 0.0528. The maximum absolute atomic E-state index is 16.1. The summed E-state index contributed by atoms with van der Waals surface area (Å²) < 4.78 is 96.1. The van der Waals surface area contributed by atoms with E-state index < -0.39 is 54.0 Å². The lowest BCUT2D eigenvalue weighted by Gasteiger charge is -2.50. The molecule has 6 aromatic carbocycles. The number of nitrogens with zero attached hydrogens (tertiary/aromatic N) is 2. The zero-order valence-corrected chi connectivity index (χ0v) is 52.6. The second kappa shape index (κ2) is 24.5. The molecule has 1 aliphatic rings. The average molecular weight is 1140 g/mol. The molecule has 1 aliphatic carbocycles. The van der Waals surface area contributed by atoms with Crippen LogP contribution in [0.4, 0.5) is 0 Å². The predicted octanol–water partition coefficient (Wildman–Crippen LogP) is 18.1. The molecular formula is C64H84N2O8P2S2. The molecule has 0 saturated heterocycles. The summed E-state index contributed by atoms with van der Waals surface area (Å²) in [5.41, 5.74) is 7.83. The molecule has 420 valence electrons. The molecule has 10 nitrogen and oxygen atoms in total. The van der Waals surface area contributed by atoms with Gasteiger partial charge in [-0.3, -0.25) is 0 Å². The molecule has 2 atom stereocenters. The molecule has 0 N–H and O–H groups in total. The number of hydrogen-bond acceptors (Lipinski definition) is 8. The van der Waals surface area contributed by atoms with E-state index >= 15 is 16.8 Å². The van der Waals surface area contributed by atoms with Crippen molar-refractivity contribution in [3.63, 3.8) is 0 Å². The van der Waals surface area contributed by atoms with E-state index in [2.05, 4.69) is 76.2 Å². The van der Waals surface area contributed by atoms with Crippen LogP contribution < -0.4 is 18.1 Å². The summed E-state index contributed by atoms with van der Waals surface area (Å²) in [5.74, 6) is 2.31. The third kappa shape index (κ3) is 14.4.